The Bertz CT molecular complexity index is 1350. The van der Waals surface area contributed by atoms with Gasteiger partial charge in [0, 0.05) is 16.7 Å². The van der Waals surface area contributed by atoms with Gasteiger partial charge in [0.25, 0.3) is 11.8 Å². The first kappa shape index (κ1) is 27.0. The van der Waals surface area contributed by atoms with Gasteiger partial charge in [-0.25, -0.2) is 8.42 Å². The molecule has 2 N–H and O–H groups in total. The number of benzene rings is 2. The summed E-state index contributed by atoms with van der Waals surface area (Å²) < 4.78 is 34.0. The Morgan fingerprint density at radius 1 is 1.03 bits per heavy atom. The van der Waals surface area contributed by atoms with Crippen LogP contribution in [0.2, 0.25) is 0 Å². The maximum absolute atomic E-state index is 13.3. The smallest absolute Gasteiger partial charge is 0.268 e. The molecule has 1 heterocycles. The quantitative estimate of drug-likeness (QED) is 0.382. The summed E-state index contributed by atoms with van der Waals surface area (Å²) in [5, 5.41) is 7.52. The molecule has 0 aliphatic carbocycles. The van der Waals surface area contributed by atoms with Crippen molar-refractivity contribution in [2.24, 2.45) is 0 Å². The molecule has 2 aromatic carbocycles. The molecule has 1 aromatic heterocycles. The minimum Gasteiger partial charge on any atom is -0.493 e. The van der Waals surface area contributed by atoms with Gasteiger partial charge in [-0.15, -0.1) is 11.3 Å². The SMILES string of the molecule is CCC(NC(=O)/C(=C/c1cccs1)NC(=O)c1ccc(OC)c(OC)c1)c1ccc(S(C)(=O)=O)cc1. The van der Waals surface area contributed by atoms with Crippen LogP contribution in [-0.2, 0) is 14.6 Å². The largest absolute Gasteiger partial charge is 0.493 e. The van der Waals surface area contributed by atoms with Crippen molar-refractivity contribution in [2.75, 3.05) is 20.5 Å². The van der Waals surface area contributed by atoms with Crippen LogP contribution >= 0.6 is 11.3 Å². The predicted octanol–water partition coefficient (Wildman–Crippen LogP) is 4.21. The van der Waals surface area contributed by atoms with E-state index >= 15 is 0 Å². The summed E-state index contributed by atoms with van der Waals surface area (Å²) in [6.45, 7) is 1.90. The van der Waals surface area contributed by atoms with E-state index in [1.807, 2.05) is 24.4 Å². The molecule has 3 aromatic rings. The molecule has 10 heteroatoms. The standard InChI is InChI=1S/C26H28N2O6S2/c1-5-21(17-8-11-20(12-9-17)36(4,31)32)27-26(30)22(16-19-7-6-14-35-19)28-25(29)18-10-13-23(33-2)24(15-18)34-3/h6-16,21H,5H2,1-4H3,(H,27,30)(H,28,29)/b22-16-. The Morgan fingerprint density at radius 3 is 2.28 bits per heavy atom. The lowest BCUT2D eigenvalue weighted by Gasteiger charge is -2.19. The number of amides is 2. The normalized spacial score (nSPS) is 12.5. The van der Waals surface area contributed by atoms with Crippen LogP contribution in [0.1, 0.15) is 40.2 Å². The maximum atomic E-state index is 13.3. The fourth-order valence-electron chi connectivity index (χ4n) is 3.45. The molecule has 0 aliphatic heterocycles. The molecule has 0 fully saturated rings. The van der Waals surface area contributed by atoms with Gasteiger partial charge in [-0.1, -0.05) is 25.1 Å². The van der Waals surface area contributed by atoms with Crippen molar-refractivity contribution in [3.63, 3.8) is 0 Å². The number of methoxy groups -OCH3 is 2. The minimum absolute atomic E-state index is 0.0726. The number of hydrogen-bond donors (Lipinski definition) is 2. The van der Waals surface area contributed by atoms with Crippen LogP contribution in [0.25, 0.3) is 6.08 Å². The maximum Gasteiger partial charge on any atom is 0.268 e. The number of carbonyl (C=O) groups excluding carboxylic acids is 2. The molecule has 36 heavy (non-hydrogen) atoms. The lowest BCUT2D eigenvalue weighted by molar-refractivity contribution is -0.118. The van der Waals surface area contributed by atoms with Gasteiger partial charge in [0.1, 0.15) is 5.70 Å². The van der Waals surface area contributed by atoms with E-state index in [4.69, 9.17) is 9.47 Å². The van der Waals surface area contributed by atoms with Crippen LogP contribution < -0.4 is 20.1 Å². The molecule has 0 aliphatic rings. The number of ether oxygens (including phenoxy) is 2. The second-order valence-corrected chi connectivity index (χ2v) is 10.9. The summed E-state index contributed by atoms with van der Waals surface area (Å²) in [7, 11) is -0.349. The highest BCUT2D eigenvalue weighted by Crippen LogP contribution is 2.28. The molecular formula is C26H28N2O6S2. The first-order valence-electron chi connectivity index (χ1n) is 11.1. The van der Waals surface area contributed by atoms with Crippen molar-refractivity contribution in [1.29, 1.82) is 0 Å². The Morgan fingerprint density at radius 2 is 1.72 bits per heavy atom. The second-order valence-electron chi connectivity index (χ2n) is 7.87. The molecule has 0 radical (unpaired) electrons. The highest BCUT2D eigenvalue weighted by atomic mass is 32.2. The monoisotopic (exact) mass is 528 g/mol. The molecule has 3 rings (SSSR count). The van der Waals surface area contributed by atoms with Gasteiger partial charge in [0.15, 0.2) is 21.3 Å². The van der Waals surface area contributed by atoms with E-state index in [0.29, 0.717) is 23.5 Å². The fraction of sp³-hybridized carbons (Fsp3) is 0.231. The summed E-state index contributed by atoms with van der Waals surface area (Å²) in [4.78, 5) is 27.3. The molecule has 1 unspecified atom stereocenters. The van der Waals surface area contributed by atoms with E-state index in [2.05, 4.69) is 10.6 Å². The molecule has 0 bridgehead atoms. The van der Waals surface area contributed by atoms with Crippen LogP contribution in [-0.4, -0.2) is 40.7 Å². The number of thiophene rings is 1. The van der Waals surface area contributed by atoms with Crippen molar-refractivity contribution in [2.45, 2.75) is 24.3 Å². The lowest BCUT2D eigenvalue weighted by atomic mass is 10.0. The van der Waals surface area contributed by atoms with Gasteiger partial charge in [-0.05, 0) is 59.8 Å². The van der Waals surface area contributed by atoms with E-state index in [9.17, 15) is 18.0 Å². The van der Waals surface area contributed by atoms with Crippen molar-refractivity contribution < 1.29 is 27.5 Å². The summed E-state index contributed by atoms with van der Waals surface area (Å²) in [5.41, 5.74) is 1.12. The number of rotatable bonds is 10. The summed E-state index contributed by atoms with van der Waals surface area (Å²) in [5.74, 6) is -0.0912. The zero-order valence-electron chi connectivity index (χ0n) is 20.4. The molecular weight excluding hydrogens is 500 g/mol. The van der Waals surface area contributed by atoms with Crippen molar-refractivity contribution in [3.05, 3.63) is 81.7 Å². The third-order valence-electron chi connectivity index (χ3n) is 5.39. The first-order valence-corrected chi connectivity index (χ1v) is 13.8. The number of nitrogens with one attached hydrogen (secondary N) is 2. The van der Waals surface area contributed by atoms with Crippen LogP contribution in [0.5, 0.6) is 11.5 Å². The van der Waals surface area contributed by atoms with E-state index in [1.54, 1.807) is 30.3 Å². The Kier molecular flexibility index (Phi) is 8.89. The highest BCUT2D eigenvalue weighted by Gasteiger charge is 2.20. The van der Waals surface area contributed by atoms with E-state index < -0.39 is 27.7 Å². The van der Waals surface area contributed by atoms with Gasteiger partial charge in [-0.3, -0.25) is 9.59 Å². The van der Waals surface area contributed by atoms with Gasteiger partial charge in [0.05, 0.1) is 25.2 Å². The summed E-state index contributed by atoms with van der Waals surface area (Å²) in [6, 6.07) is 14.4. The fourth-order valence-corrected chi connectivity index (χ4v) is 4.74. The van der Waals surface area contributed by atoms with Crippen molar-refractivity contribution in [3.8, 4) is 11.5 Å². The summed E-state index contributed by atoms with van der Waals surface area (Å²) in [6.07, 6.45) is 3.31. The van der Waals surface area contributed by atoms with Gasteiger partial charge < -0.3 is 20.1 Å². The summed E-state index contributed by atoms with van der Waals surface area (Å²) >= 11 is 1.43. The predicted molar refractivity (Wildman–Crippen MR) is 140 cm³/mol. The molecule has 190 valence electrons. The molecule has 2 amide bonds. The van der Waals surface area contributed by atoms with E-state index in [-0.39, 0.29) is 10.6 Å². The second kappa shape index (κ2) is 11.9. The Hall–Kier alpha value is -3.63. The molecule has 1 atom stereocenters. The van der Waals surface area contributed by atoms with Crippen LogP contribution in [0, 0.1) is 0 Å². The number of carbonyl (C=O) groups is 2. The van der Waals surface area contributed by atoms with Crippen LogP contribution in [0.4, 0.5) is 0 Å². The van der Waals surface area contributed by atoms with Gasteiger partial charge in [-0.2, -0.15) is 0 Å². The Labute approximate surface area is 214 Å². The van der Waals surface area contributed by atoms with Gasteiger partial charge >= 0.3 is 0 Å². The number of sulfone groups is 1. The third kappa shape index (κ3) is 6.73. The molecule has 8 nitrogen and oxygen atoms in total. The first-order chi connectivity index (χ1) is 17.2. The molecule has 0 saturated carbocycles. The van der Waals surface area contributed by atoms with E-state index in [0.717, 1.165) is 16.7 Å². The minimum atomic E-state index is -3.33. The number of hydrogen-bond acceptors (Lipinski definition) is 7. The zero-order chi connectivity index (χ0) is 26.3. The van der Waals surface area contributed by atoms with Gasteiger partial charge in [0.2, 0.25) is 0 Å². The van der Waals surface area contributed by atoms with Crippen LogP contribution in [0.3, 0.4) is 0 Å². The highest BCUT2D eigenvalue weighted by molar-refractivity contribution is 7.90. The zero-order valence-corrected chi connectivity index (χ0v) is 22.0. The lowest BCUT2D eigenvalue weighted by Crippen LogP contribution is -2.36. The molecule has 0 spiro atoms. The van der Waals surface area contributed by atoms with E-state index in [1.165, 1.54) is 43.8 Å². The average molecular weight is 529 g/mol. The van der Waals surface area contributed by atoms with Crippen molar-refractivity contribution in [1.82, 2.24) is 10.6 Å². The third-order valence-corrected chi connectivity index (χ3v) is 7.34. The molecule has 0 saturated heterocycles. The van der Waals surface area contributed by atoms with Crippen molar-refractivity contribution >= 4 is 39.1 Å². The Balaban J connectivity index is 1.85. The van der Waals surface area contributed by atoms with Crippen LogP contribution in [0.15, 0.2) is 70.6 Å². The average Bonchev–Trinajstić information content (AvgIpc) is 3.39. The topological polar surface area (TPSA) is 111 Å².